The van der Waals surface area contributed by atoms with Crippen LogP contribution in [0.2, 0.25) is 5.02 Å². The fourth-order valence-electron chi connectivity index (χ4n) is 4.00. The van der Waals surface area contributed by atoms with Gasteiger partial charge in [-0.05, 0) is 66.8 Å². The molecule has 1 aliphatic rings. The molecule has 162 valence electrons. The van der Waals surface area contributed by atoms with Crippen molar-refractivity contribution < 1.29 is 19.1 Å². The average molecular weight is 440 g/mol. The molecule has 0 unspecified atom stereocenters. The summed E-state index contributed by atoms with van der Waals surface area (Å²) >= 11 is 6.24. The summed E-state index contributed by atoms with van der Waals surface area (Å²) in [6, 6.07) is 16.8. The minimum absolute atomic E-state index is 0.112. The van der Waals surface area contributed by atoms with E-state index in [-0.39, 0.29) is 19.1 Å². The Kier molecular flexibility index (Phi) is 6.95. The number of anilines is 1. The zero-order valence-corrected chi connectivity index (χ0v) is 18.0. The van der Waals surface area contributed by atoms with Crippen molar-refractivity contribution in [1.29, 1.82) is 0 Å². The van der Waals surface area contributed by atoms with Crippen LogP contribution in [0.3, 0.4) is 0 Å². The van der Waals surface area contributed by atoms with Crippen LogP contribution in [0.1, 0.15) is 49.3 Å². The normalized spacial score (nSPS) is 14.4. The number of rotatable bonds is 7. The Balaban J connectivity index is 1.34. The number of furan rings is 1. The molecule has 3 aromatic rings. The van der Waals surface area contributed by atoms with Gasteiger partial charge in [0.1, 0.15) is 23.9 Å². The maximum Gasteiger partial charge on any atom is 0.262 e. The van der Waals surface area contributed by atoms with E-state index >= 15 is 0 Å². The van der Waals surface area contributed by atoms with Gasteiger partial charge < -0.3 is 19.6 Å². The third-order valence-corrected chi connectivity index (χ3v) is 6.00. The first-order valence-corrected chi connectivity index (χ1v) is 11.0. The second-order valence-electron chi connectivity index (χ2n) is 7.86. The minimum atomic E-state index is -0.300. The molecule has 0 atom stereocenters. The van der Waals surface area contributed by atoms with Gasteiger partial charge >= 0.3 is 0 Å². The lowest BCUT2D eigenvalue weighted by atomic mass is 9.84. The molecule has 0 bridgehead atoms. The number of aliphatic hydroxyl groups excluding tert-OH is 1. The van der Waals surface area contributed by atoms with Gasteiger partial charge in [0.2, 0.25) is 0 Å². The molecule has 2 aromatic carbocycles. The Morgan fingerprint density at radius 1 is 1.06 bits per heavy atom. The lowest BCUT2D eigenvalue weighted by Crippen LogP contribution is -2.20. The summed E-state index contributed by atoms with van der Waals surface area (Å²) in [6.45, 7) is -0.283. The van der Waals surface area contributed by atoms with E-state index in [1.807, 2.05) is 12.1 Å². The zero-order valence-electron chi connectivity index (χ0n) is 17.3. The third-order valence-electron chi connectivity index (χ3n) is 5.67. The second-order valence-corrected chi connectivity index (χ2v) is 8.27. The lowest BCUT2D eigenvalue weighted by molar-refractivity contribution is -0.118. The van der Waals surface area contributed by atoms with Gasteiger partial charge in [0.05, 0.1) is 10.7 Å². The number of nitrogens with one attached hydrogen (secondary N) is 1. The largest absolute Gasteiger partial charge is 0.484 e. The van der Waals surface area contributed by atoms with E-state index in [4.69, 9.17) is 25.9 Å². The molecular weight excluding hydrogens is 414 g/mol. The highest BCUT2D eigenvalue weighted by atomic mass is 35.5. The van der Waals surface area contributed by atoms with E-state index in [1.54, 1.807) is 30.3 Å². The first kappa shape index (κ1) is 21.5. The zero-order chi connectivity index (χ0) is 21.6. The summed E-state index contributed by atoms with van der Waals surface area (Å²) < 4.78 is 11.2. The Morgan fingerprint density at radius 3 is 2.55 bits per heavy atom. The van der Waals surface area contributed by atoms with Crippen LogP contribution in [0.25, 0.3) is 11.3 Å². The smallest absolute Gasteiger partial charge is 0.262 e. The highest BCUT2D eigenvalue weighted by Gasteiger charge is 2.15. The summed E-state index contributed by atoms with van der Waals surface area (Å²) in [6.07, 6.45) is 6.44. The lowest BCUT2D eigenvalue weighted by Gasteiger charge is -2.22. The number of carbonyl (C=O) groups excluding carboxylic acids is 1. The molecule has 1 amide bonds. The van der Waals surface area contributed by atoms with Gasteiger partial charge in [-0.25, -0.2) is 0 Å². The van der Waals surface area contributed by atoms with Crippen molar-refractivity contribution in [1.82, 2.24) is 0 Å². The molecule has 1 saturated carbocycles. The number of halogens is 1. The van der Waals surface area contributed by atoms with E-state index in [0.717, 1.165) is 5.56 Å². The molecule has 1 aromatic heterocycles. The van der Waals surface area contributed by atoms with E-state index in [0.29, 0.717) is 33.9 Å². The summed E-state index contributed by atoms with van der Waals surface area (Å²) in [4.78, 5) is 12.4. The SMILES string of the molecule is O=C(COc1ccc(C2CCCCC2)cc1)Nc1cc(-c2ccc(CO)o2)ccc1Cl. The molecule has 0 spiro atoms. The first-order chi connectivity index (χ1) is 15.1. The molecule has 31 heavy (non-hydrogen) atoms. The minimum Gasteiger partial charge on any atom is -0.484 e. The van der Waals surface area contributed by atoms with Crippen LogP contribution in [0, 0.1) is 0 Å². The van der Waals surface area contributed by atoms with Crippen LogP contribution in [0.4, 0.5) is 5.69 Å². The maximum absolute atomic E-state index is 12.4. The number of hydrogen-bond donors (Lipinski definition) is 2. The predicted octanol–water partition coefficient (Wildman–Crippen LogP) is 6.16. The van der Waals surface area contributed by atoms with Gasteiger partial charge in [0, 0.05) is 5.56 Å². The van der Waals surface area contributed by atoms with Gasteiger partial charge in [-0.2, -0.15) is 0 Å². The monoisotopic (exact) mass is 439 g/mol. The molecule has 4 rings (SSSR count). The fraction of sp³-hybridized carbons (Fsp3) is 0.320. The molecule has 1 heterocycles. The van der Waals surface area contributed by atoms with Crippen molar-refractivity contribution in [3.63, 3.8) is 0 Å². The van der Waals surface area contributed by atoms with Gasteiger partial charge in [0.25, 0.3) is 5.91 Å². The van der Waals surface area contributed by atoms with Gasteiger partial charge in [-0.3, -0.25) is 4.79 Å². The second kappa shape index (κ2) is 10.0. The summed E-state index contributed by atoms with van der Waals surface area (Å²) in [7, 11) is 0. The molecule has 2 N–H and O–H groups in total. The van der Waals surface area contributed by atoms with Gasteiger partial charge in [-0.1, -0.05) is 43.0 Å². The molecule has 0 aliphatic heterocycles. The van der Waals surface area contributed by atoms with Crippen molar-refractivity contribution in [3.8, 4) is 17.1 Å². The fourth-order valence-corrected chi connectivity index (χ4v) is 4.16. The average Bonchev–Trinajstić information content (AvgIpc) is 3.29. The van der Waals surface area contributed by atoms with Crippen molar-refractivity contribution in [2.75, 3.05) is 11.9 Å². The summed E-state index contributed by atoms with van der Waals surface area (Å²) in [5.41, 5.74) is 2.57. The molecule has 0 radical (unpaired) electrons. The van der Waals surface area contributed by atoms with E-state index < -0.39 is 0 Å². The van der Waals surface area contributed by atoms with Crippen molar-refractivity contribution in [2.45, 2.75) is 44.6 Å². The third kappa shape index (κ3) is 5.49. The van der Waals surface area contributed by atoms with Crippen LogP contribution in [-0.2, 0) is 11.4 Å². The molecule has 0 saturated heterocycles. The molecule has 1 fully saturated rings. The molecular formula is C25H26ClNO4. The highest BCUT2D eigenvalue weighted by molar-refractivity contribution is 6.33. The van der Waals surface area contributed by atoms with Crippen LogP contribution in [0.5, 0.6) is 5.75 Å². The number of ether oxygens (including phenoxy) is 1. The number of aliphatic hydroxyl groups is 1. The van der Waals surface area contributed by atoms with E-state index in [9.17, 15) is 4.79 Å². The quantitative estimate of drug-likeness (QED) is 0.462. The number of amides is 1. The van der Waals surface area contributed by atoms with Crippen molar-refractivity contribution >= 4 is 23.2 Å². The van der Waals surface area contributed by atoms with Crippen LogP contribution >= 0.6 is 11.6 Å². The number of hydrogen-bond acceptors (Lipinski definition) is 4. The van der Waals surface area contributed by atoms with E-state index in [1.165, 1.54) is 37.7 Å². The Hall–Kier alpha value is -2.76. The van der Waals surface area contributed by atoms with Crippen LogP contribution in [-0.4, -0.2) is 17.6 Å². The Bertz CT molecular complexity index is 1020. The predicted molar refractivity (Wildman–Crippen MR) is 121 cm³/mol. The van der Waals surface area contributed by atoms with Gasteiger partial charge in [-0.15, -0.1) is 0 Å². The highest BCUT2D eigenvalue weighted by Crippen LogP contribution is 2.33. The number of carbonyl (C=O) groups is 1. The molecule has 1 aliphatic carbocycles. The maximum atomic E-state index is 12.4. The Labute approximate surface area is 187 Å². The first-order valence-electron chi connectivity index (χ1n) is 10.6. The van der Waals surface area contributed by atoms with E-state index in [2.05, 4.69) is 17.4 Å². The summed E-state index contributed by atoms with van der Waals surface area (Å²) in [5, 5.41) is 12.4. The van der Waals surface area contributed by atoms with Crippen LogP contribution < -0.4 is 10.1 Å². The van der Waals surface area contributed by atoms with Crippen molar-refractivity contribution in [2.24, 2.45) is 0 Å². The van der Waals surface area contributed by atoms with Gasteiger partial charge in [0.15, 0.2) is 6.61 Å². The van der Waals surface area contributed by atoms with Crippen molar-refractivity contribution in [3.05, 3.63) is 70.9 Å². The molecule has 6 heteroatoms. The topological polar surface area (TPSA) is 71.7 Å². The molecule has 5 nitrogen and oxygen atoms in total. The number of benzene rings is 2. The Morgan fingerprint density at radius 2 is 1.84 bits per heavy atom. The summed E-state index contributed by atoms with van der Waals surface area (Å²) in [5.74, 6) is 2.07. The standard InChI is InChI=1S/C25H26ClNO4/c26-22-12-8-19(24-13-11-21(15-28)31-24)14-23(22)27-25(29)16-30-20-9-6-18(7-10-20)17-4-2-1-3-5-17/h6-14,17,28H,1-5,15-16H2,(H,27,29). The van der Waals surface area contributed by atoms with Crippen LogP contribution in [0.15, 0.2) is 59.0 Å².